The average molecular weight is 397 g/mol. The van der Waals surface area contributed by atoms with Crippen LogP contribution in [0.25, 0.3) is 5.65 Å². The van der Waals surface area contributed by atoms with Crippen molar-refractivity contribution >= 4 is 11.4 Å². The van der Waals surface area contributed by atoms with Gasteiger partial charge in [0.05, 0.1) is 24.9 Å². The molecule has 1 aliphatic rings. The van der Waals surface area contributed by atoms with Crippen LogP contribution < -0.4 is 4.74 Å². The first-order chi connectivity index (χ1) is 14.0. The van der Waals surface area contributed by atoms with E-state index in [-0.39, 0.29) is 12.2 Å². The van der Waals surface area contributed by atoms with Crippen molar-refractivity contribution in [1.82, 2.24) is 24.1 Å². The van der Waals surface area contributed by atoms with Gasteiger partial charge in [-0.1, -0.05) is 13.8 Å². The number of carbonyl (C=O) groups excluding carboxylic acids is 1. The minimum atomic E-state index is -0.0637. The predicted molar refractivity (Wildman–Crippen MR) is 107 cm³/mol. The van der Waals surface area contributed by atoms with Gasteiger partial charge >= 0.3 is 0 Å². The van der Waals surface area contributed by atoms with Crippen LogP contribution in [-0.4, -0.2) is 50.3 Å². The van der Waals surface area contributed by atoms with Crippen LogP contribution in [0.15, 0.2) is 24.7 Å². The Morgan fingerprint density at radius 3 is 2.79 bits per heavy atom. The summed E-state index contributed by atoms with van der Waals surface area (Å²) in [5.41, 5.74) is 2.78. The van der Waals surface area contributed by atoms with Crippen molar-refractivity contribution in [3.05, 3.63) is 41.7 Å². The minimum absolute atomic E-state index is 0.0637. The van der Waals surface area contributed by atoms with E-state index in [0.29, 0.717) is 34.8 Å². The Kier molecular flexibility index (Phi) is 5.62. The Morgan fingerprint density at radius 2 is 2.07 bits per heavy atom. The molecule has 4 heterocycles. The Morgan fingerprint density at radius 1 is 1.28 bits per heavy atom. The molecule has 0 bridgehead atoms. The third kappa shape index (κ3) is 4.32. The standard InChI is InChI=1S/C21H27N5O3/c1-14(2)11-26-7-4-17(24-26)19(27)10-16-12-25-13-18(15-5-8-29-9-6-15)23-20(25)21(22-16)28-3/h4,7,12-15H,5-6,8-11H2,1-3H3. The molecule has 4 rings (SSSR count). The molecule has 0 atom stereocenters. The van der Waals surface area contributed by atoms with Gasteiger partial charge < -0.3 is 13.9 Å². The quantitative estimate of drug-likeness (QED) is 0.570. The van der Waals surface area contributed by atoms with Gasteiger partial charge in [-0.25, -0.2) is 9.97 Å². The minimum Gasteiger partial charge on any atom is -0.478 e. The number of rotatable bonds is 7. The molecule has 0 N–H and O–H groups in total. The SMILES string of the molecule is COc1nc(CC(=O)c2ccn(CC(C)C)n2)cn2cc(C3CCOCC3)nc12. The molecule has 0 saturated carbocycles. The van der Waals surface area contributed by atoms with Gasteiger partial charge in [0, 0.05) is 44.3 Å². The van der Waals surface area contributed by atoms with Crippen LogP contribution in [0.2, 0.25) is 0 Å². The molecule has 1 fully saturated rings. The molecule has 0 spiro atoms. The molecule has 8 heteroatoms. The molecular weight excluding hydrogens is 370 g/mol. The van der Waals surface area contributed by atoms with Gasteiger partial charge in [0.2, 0.25) is 5.65 Å². The van der Waals surface area contributed by atoms with Crippen molar-refractivity contribution in [2.24, 2.45) is 5.92 Å². The molecule has 1 saturated heterocycles. The van der Waals surface area contributed by atoms with Crippen molar-refractivity contribution < 1.29 is 14.3 Å². The number of ether oxygens (including phenoxy) is 2. The number of aromatic nitrogens is 5. The summed E-state index contributed by atoms with van der Waals surface area (Å²) in [6, 6.07) is 1.76. The number of ketones is 1. The highest BCUT2D eigenvalue weighted by Gasteiger charge is 2.21. The normalized spacial score (nSPS) is 15.3. The number of Topliss-reactive ketones (excluding diaryl/α,β-unsaturated/α-hetero) is 1. The lowest BCUT2D eigenvalue weighted by atomic mass is 9.97. The second-order valence-corrected chi connectivity index (χ2v) is 7.94. The lowest BCUT2D eigenvalue weighted by Gasteiger charge is -2.19. The van der Waals surface area contributed by atoms with E-state index in [2.05, 4.69) is 23.9 Å². The largest absolute Gasteiger partial charge is 0.478 e. The first-order valence-corrected chi connectivity index (χ1v) is 10.1. The Labute approximate surface area is 169 Å². The number of methoxy groups -OCH3 is 1. The van der Waals surface area contributed by atoms with E-state index >= 15 is 0 Å². The summed E-state index contributed by atoms with van der Waals surface area (Å²) in [5.74, 6) is 1.21. The lowest BCUT2D eigenvalue weighted by Crippen LogP contribution is -2.14. The maximum atomic E-state index is 12.7. The van der Waals surface area contributed by atoms with Crippen molar-refractivity contribution in [1.29, 1.82) is 0 Å². The predicted octanol–water partition coefficient (Wildman–Crippen LogP) is 2.91. The smallest absolute Gasteiger partial charge is 0.258 e. The molecule has 3 aromatic rings. The molecule has 1 aliphatic heterocycles. The van der Waals surface area contributed by atoms with E-state index in [9.17, 15) is 4.79 Å². The molecule has 0 aliphatic carbocycles. The molecular formula is C21H27N5O3. The van der Waals surface area contributed by atoms with Gasteiger partial charge in [-0.3, -0.25) is 9.48 Å². The van der Waals surface area contributed by atoms with Crippen molar-refractivity contribution in [3.8, 4) is 5.88 Å². The summed E-state index contributed by atoms with van der Waals surface area (Å²) >= 11 is 0. The number of fused-ring (bicyclic) bond motifs is 1. The lowest BCUT2D eigenvalue weighted by molar-refractivity contribution is 0.0846. The van der Waals surface area contributed by atoms with E-state index < -0.39 is 0 Å². The zero-order valence-electron chi connectivity index (χ0n) is 17.2. The molecule has 3 aromatic heterocycles. The van der Waals surface area contributed by atoms with Crippen LogP contribution in [0.5, 0.6) is 5.88 Å². The number of hydrogen-bond donors (Lipinski definition) is 0. The highest BCUT2D eigenvalue weighted by molar-refractivity contribution is 5.95. The highest BCUT2D eigenvalue weighted by atomic mass is 16.5. The fourth-order valence-corrected chi connectivity index (χ4v) is 3.69. The second-order valence-electron chi connectivity index (χ2n) is 7.94. The maximum absolute atomic E-state index is 12.7. The number of imidazole rings is 1. The zero-order chi connectivity index (χ0) is 20.4. The van der Waals surface area contributed by atoms with Gasteiger partial charge in [-0.05, 0) is 24.8 Å². The molecule has 0 amide bonds. The Hall–Kier alpha value is -2.74. The van der Waals surface area contributed by atoms with Gasteiger partial charge in [-0.15, -0.1) is 0 Å². The van der Waals surface area contributed by atoms with E-state index in [1.807, 2.05) is 27.7 Å². The van der Waals surface area contributed by atoms with Crippen molar-refractivity contribution in [3.63, 3.8) is 0 Å². The van der Waals surface area contributed by atoms with Crippen molar-refractivity contribution in [2.45, 2.75) is 45.6 Å². The fraction of sp³-hybridized carbons (Fsp3) is 0.524. The molecule has 0 unspecified atom stereocenters. The van der Waals surface area contributed by atoms with Crippen LogP contribution in [0.3, 0.4) is 0 Å². The van der Waals surface area contributed by atoms with Crippen LogP contribution in [0, 0.1) is 5.92 Å². The summed E-state index contributed by atoms with van der Waals surface area (Å²) < 4.78 is 14.6. The Bertz CT molecular complexity index is 1000. The van der Waals surface area contributed by atoms with E-state index in [4.69, 9.17) is 14.5 Å². The van der Waals surface area contributed by atoms with Gasteiger partial charge in [0.15, 0.2) is 5.78 Å². The van der Waals surface area contributed by atoms with Gasteiger partial charge in [0.1, 0.15) is 5.69 Å². The van der Waals surface area contributed by atoms with E-state index in [1.165, 1.54) is 0 Å². The second kappa shape index (κ2) is 8.32. The third-order valence-electron chi connectivity index (χ3n) is 5.13. The summed E-state index contributed by atoms with van der Waals surface area (Å²) in [6.07, 6.45) is 7.81. The van der Waals surface area contributed by atoms with Crippen molar-refractivity contribution in [2.75, 3.05) is 20.3 Å². The molecule has 154 valence electrons. The maximum Gasteiger partial charge on any atom is 0.258 e. The number of hydrogen-bond acceptors (Lipinski definition) is 6. The van der Waals surface area contributed by atoms with Gasteiger partial charge in [-0.2, -0.15) is 5.10 Å². The van der Waals surface area contributed by atoms with Crippen LogP contribution in [-0.2, 0) is 17.7 Å². The first-order valence-electron chi connectivity index (χ1n) is 10.1. The topological polar surface area (TPSA) is 83.5 Å². The summed E-state index contributed by atoms with van der Waals surface area (Å²) in [7, 11) is 1.57. The van der Waals surface area contributed by atoms with E-state index in [0.717, 1.165) is 38.3 Å². The first kappa shape index (κ1) is 19.6. The highest BCUT2D eigenvalue weighted by Crippen LogP contribution is 2.28. The molecule has 0 aromatic carbocycles. The summed E-state index contributed by atoms with van der Waals surface area (Å²) in [4.78, 5) is 22.0. The average Bonchev–Trinajstić information content (AvgIpc) is 3.34. The number of carbonyl (C=O) groups is 1. The fourth-order valence-electron chi connectivity index (χ4n) is 3.69. The molecule has 8 nitrogen and oxygen atoms in total. The Balaban J connectivity index is 1.57. The van der Waals surface area contributed by atoms with Gasteiger partial charge in [0.25, 0.3) is 5.88 Å². The van der Waals surface area contributed by atoms with Crippen LogP contribution in [0.1, 0.15) is 54.5 Å². The number of nitrogens with zero attached hydrogens (tertiary/aromatic N) is 5. The zero-order valence-corrected chi connectivity index (χ0v) is 17.2. The van der Waals surface area contributed by atoms with Crippen LogP contribution >= 0.6 is 0 Å². The monoisotopic (exact) mass is 397 g/mol. The summed E-state index contributed by atoms with van der Waals surface area (Å²) in [5, 5.41) is 4.39. The van der Waals surface area contributed by atoms with E-state index in [1.54, 1.807) is 13.2 Å². The third-order valence-corrected chi connectivity index (χ3v) is 5.13. The summed E-state index contributed by atoms with van der Waals surface area (Å²) in [6.45, 7) is 6.55. The molecule has 29 heavy (non-hydrogen) atoms. The van der Waals surface area contributed by atoms with Crippen LogP contribution in [0.4, 0.5) is 0 Å². The molecule has 0 radical (unpaired) electrons.